The van der Waals surface area contributed by atoms with E-state index in [1.54, 1.807) is 43.3 Å². The van der Waals surface area contributed by atoms with Gasteiger partial charge in [0.25, 0.3) is 0 Å². The summed E-state index contributed by atoms with van der Waals surface area (Å²) in [6.45, 7) is 9.81. The third kappa shape index (κ3) is 7.00. The van der Waals surface area contributed by atoms with E-state index in [-0.39, 0.29) is 11.6 Å². The van der Waals surface area contributed by atoms with Crippen molar-refractivity contribution >= 4 is 28.5 Å². The second-order valence-corrected chi connectivity index (χ2v) is 5.85. The highest BCUT2D eigenvalue weighted by atomic mass is 19.1. The van der Waals surface area contributed by atoms with Gasteiger partial charge in [0, 0.05) is 43.1 Å². The number of benzene rings is 2. The Hall–Kier alpha value is -3.60. The van der Waals surface area contributed by atoms with Crippen LogP contribution in [0.15, 0.2) is 29.4 Å². The number of nitriles is 1. The molecule has 1 heterocycles. The second kappa shape index (κ2) is 13.6. The predicted molar refractivity (Wildman–Crippen MR) is 128 cm³/mol. The third-order valence-corrected chi connectivity index (χ3v) is 3.84. The summed E-state index contributed by atoms with van der Waals surface area (Å²) in [4.78, 5) is 3.82. The van der Waals surface area contributed by atoms with Crippen molar-refractivity contribution in [3.63, 3.8) is 0 Å². The van der Waals surface area contributed by atoms with Crippen LogP contribution in [0.25, 0.3) is 10.9 Å². The Balaban J connectivity index is 0.000000502. The first kappa shape index (κ1) is 27.4. The third-order valence-electron chi connectivity index (χ3n) is 3.84. The highest BCUT2D eigenvalue weighted by Crippen LogP contribution is 2.28. The summed E-state index contributed by atoms with van der Waals surface area (Å²) in [6.07, 6.45) is 3.39. The molecule has 0 unspecified atom stereocenters. The largest absolute Gasteiger partial charge is 0.493 e. The summed E-state index contributed by atoms with van der Waals surface area (Å²) in [5.41, 5.74) is 14.4. The van der Waals surface area contributed by atoms with Crippen LogP contribution in [0.5, 0.6) is 5.75 Å². The van der Waals surface area contributed by atoms with E-state index in [4.69, 9.17) is 21.5 Å². The summed E-state index contributed by atoms with van der Waals surface area (Å²) < 4.78 is 20.3. The van der Waals surface area contributed by atoms with Crippen LogP contribution in [-0.4, -0.2) is 30.2 Å². The Morgan fingerprint density at radius 1 is 1.16 bits per heavy atom. The standard InChI is InChI=1S/C10H11FN2O.C9H10N4.2C2H6/c1-6-4-7-5-13(2)12-9(7)8(11)10(6)14-3;1-13-5-7-3-8(11)6(4-10)2-9(7)12;2*1-2/h4-5H,1-3H3;2-3,5H,11-12H2,1H3;2*1-2H3. The molecule has 8 heteroatoms. The van der Waals surface area contributed by atoms with Crippen molar-refractivity contribution in [2.24, 2.45) is 12.0 Å². The number of hydrogen-bond acceptors (Lipinski definition) is 6. The first-order valence-electron chi connectivity index (χ1n) is 10.00. The number of aliphatic imine (C=N–C) groups is 1. The number of methoxy groups -OCH3 is 1. The molecular weight excluding hydrogens is 395 g/mol. The highest BCUT2D eigenvalue weighted by Gasteiger charge is 2.13. The summed E-state index contributed by atoms with van der Waals surface area (Å²) in [7, 11) is 4.87. The fourth-order valence-electron chi connectivity index (χ4n) is 2.61. The molecular formula is C23H33FN6O. The monoisotopic (exact) mass is 428 g/mol. The molecule has 0 bridgehead atoms. The molecule has 31 heavy (non-hydrogen) atoms. The van der Waals surface area contributed by atoms with E-state index < -0.39 is 0 Å². The van der Waals surface area contributed by atoms with Crippen LogP contribution in [-0.2, 0) is 7.05 Å². The summed E-state index contributed by atoms with van der Waals surface area (Å²) in [5, 5.41) is 13.5. The van der Waals surface area contributed by atoms with E-state index >= 15 is 0 Å². The first-order valence-corrected chi connectivity index (χ1v) is 10.00. The summed E-state index contributed by atoms with van der Waals surface area (Å²) >= 11 is 0. The molecule has 7 nitrogen and oxygen atoms in total. The van der Waals surface area contributed by atoms with Crippen LogP contribution in [0.3, 0.4) is 0 Å². The fraction of sp³-hybridized carbons (Fsp3) is 0.348. The number of aryl methyl sites for hydroxylation is 2. The van der Waals surface area contributed by atoms with Crippen molar-refractivity contribution in [3.05, 3.63) is 46.9 Å². The van der Waals surface area contributed by atoms with Gasteiger partial charge in [-0.05, 0) is 30.7 Å². The van der Waals surface area contributed by atoms with Crippen LogP contribution >= 0.6 is 0 Å². The molecule has 0 atom stereocenters. The predicted octanol–water partition coefficient (Wildman–Crippen LogP) is 4.85. The van der Waals surface area contributed by atoms with Gasteiger partial charge >= 0.3 is 0 Å². The number of aromatic nitrogens is 2. The number of nitrogen functional groups attached to an aromatic ring is 2. The molecule has 3 aromatic rings. The minimum Gasteiger partial charge on any atom is -0.493 e. The molecule has 0 spiro atoms. The molecule has 0 amide bonds. The lowest BCUT2D eigenvalue weighted by molar-refractivity contribution is 0.385. The quantitative estimate of drug-likeness (QED) is 0.447. The van der Waals surface area contributed by atoms with Crippen LogP contribution in [0, 0.1) is 24.1 Å². The number of ether oxygens (including phenoxy) is 1. The number of halogens is 1. The van der Waals surface area contributed by atoms with Gasteiger partial charge in [-0.1, -0.05) is 27.7 Å². The van der Waals surface area contributed by atoms with Gasteiger partial charge < -0.3 is 16.2 Å². The molecule has 4 N–H and O–H groups in total. The molecule has 3 rings (SSSR count). The summed E-state index contributed by atoms with van der Waals surface area (Å²) in [6, 6.07) is 7.01. The van der Waals surface area contributed by atoms with Crippen molar-refractivity contribution < 1.29 is 9.13 Å². The molecule has 2 aromatic carbocycles. The van der Waals surface area contributed by atoms with Crippen molar-refractivity contribution in [2.45, 2.75) is 34.6 Å². The minimum atomic E-state index is -0.386. The molecule has 0 fully saturated rings. The maximum atomic E-state index is 13.7. The molecule has 0 aliphatic rings. The van der Waals surface area contributed by atoms with E-state index in [9.17, 15) is 4.39 Å². The number of anilines is 2. The van der Waals surface area contributed by atoms with Gasteiger partial charge in [-0.15, -0.1) is 0 Å². The van der Waals surface area contributed by atoms with Gasteiger partial charge in [-0.2, -0.15) is 10.4 Å². The van der Waals surface area contributed by atoms with Gasteiger partial charge in [0.1, 0.15) is 11.6 Å². The zero-order chi connectivity index (χ0) is 24.1. The fourth-order valence-corrected chi connectivity index (χ4v) is 2.61. The van der Waals surface area contributed by atoms with Crippen LogP contribution in [0.4, 0.5) is 15.8 Å². The summed E-state index contributed by atoms with van der Waals surface area (Å²) in [5.74, 6) is -0.112. The van der Waals surface area contributed by atoms with Gasteiger partial charge in [0.2, 0.25) is 0 Å². The van der Waals surface area contributed by atoms with Crippen LogP contribution in [0.2, 0.25) is 0 Å². The smallest absolute Gasteiger partial charge is 0.193 e. The Labute approximate surface area is 184 Å². The van der Waals surface area contributed by atoms with Crippen molar-refractivity contribution in [1.29, 1.82) is 5.26 Å². The SMILES string of the molecule is CC.CC.CN=Cc1cc(N)c(C#N)cc1N.COc1c(C)cc2cn(C)nc2c1F. The van der Waals surface area contributed by atoms with Crippen molar-refractivity contribution in [2.75, 3.05) is 25.6 Å². The normalized spacial score (nSPS) is 9.55. The number of fused-ring (bicyclic) bond motifs is 1. The Bertz CT molecular complexity index is 1050. The van der Waals surface area contributed by atoms with Crippen LogP contribution in [0.1, 0.15) is 44.4 Å². The van der Waals surface area contributed by atoms with Gasteiger partial charge in [0.05, 0.1) is 18.4 Å². The molecule has 1 aromatic heterocycles. The zero-order valence-corrected chi connectivity index (χ0v) is 19.6. The average Bonchev–Trinajstić information content (AvgIpc) is 3.14. The Morgan fingerprint density at radius 3 is 2.29 bits per heavy atom. The molecule has 0 saturated carbocycles. The van der Waals surface area contributed by atoms with E-state index in [0.29, 0.717) is 22.5 Å². The van der Waals surface area contributed by atoms with E-state index in [2.05, 4.69) is 10.1 Å². The average molecular weight is 429 g/mol. The number of hydrogen-bond donors (Lipinski definition) is 2. The highest BCUT2D eigenvalue weighted by molar-refractivity contribution is 5.89. The molecule has 0 aliphatic carbocycles. The van der Waals surface area contributed by atoms with E-state index in [1.807, 2.05) is 46.8 Å². The number of rotatable bonds is 2. The topological polar surface area (TPSA) is 115 Å². The van der Waals surface area contributed by atoms with E-state index in [0.717, 1.165) is 16.5 Å². The second-order valence-electron chi connectivity index (χ2n) is 5.85. The molecule has 0 radical (unpaired) electrons. The lowest BCUT2D eigenvalue weighted by Gasteiger charge is -2.05. The van der Waals surface area contributed by atoms with Gasteiger partial charge in [-0.3, -0.25) is 9.67 Å². The number of nitrogens with two attached hydrogens (primary N) is 2. The first-order chi connectivity index (χ1) is 14.8. The van der Waals surface area contributed by atoms with Gasteiger partial charge in [-0.25, -0.2) is 4.39 Å². The van der Waals surface area contributed by atoms with Crippen molar-refractivity contribution in [3.8, 4) is 11.8 Å². The molecule has 0 saturated heterocycles. The molecule has 168 valence electrons. The van der Waals surface area contributed by atoms with Crippen molar-refractivity contribution in [1.82, 2.24) is 9.78 Å². The maximum Gasteiger partial charge on any atom is 0.193 e. The van der Waals surface area contributed by atoms with Gasteiger partial charge in [0.15, 0.2) is 11.6 Å². The Morgan fingerprint density at radius 2 is 1.77 bits per heavy atom. The lowest BCUT2D eigenvalue weighted by Crippen LogP contribution is -1.98. The lowest BCUT2D eigenvalue weighted by atomic mass is 10.1. The van der Waals surface area contributed by atoms with E-state index in [1.165, 1.54) is 7.11 Å². The Kier molecular flexibility index (Phi) is 12.0. The zero-order valence-electron chi connectivity index (χ0n) is 19.6. The molecule has 0 aliphatic heterocycles. The minimum absolute atomic E-state index is 0.274. The number of nitrogens with zero attached hydrogens (tertiary/aromatic N) is 4. The van der Waals surface area contributed by atoms with Crippen LogP contribution < -0.4 is 16.2 Å². The maximum absolute atomic E-state index is 13.7.